The highest BCUT2D eigenvalue weighted by Crippen LogP contribution is 2.28. The molecular formula is C19H23N3O4S. The van der Waals surface area contributed by atoms with Crippen molar-refractivity contribution in [2.75, 3.05) is 26.5 Å². The van der Waals surface area contributed by atoms with Crippen molar-refractivity contribution in [2.45, 2.75) is 29.8 Å². The molecule has 0 saturated carbocycles. The van der Waals surface area contributed by atoms with Crippen LogP contribution in [-0.4, -0.2) is 66.2 Å². The molecule has 2 unspecified atom stereocenters. The first-order chi connectivity index (χ1) is 13.0. The lowest BCUT2D eigenvalue weighted by atomic mass is 9.97. The summed E-state index contributed by atoms with van der Waals surface area (Å²) in [5.41, 5.74) is 0.458. The van der Waals surface area contributed by atoms with Gasteiger partial charge in [0.25, 0.3) is 11.8 Å². The van der Waals surface area contributed by atoms with E-state index in [1.54, 1.807) is 22.7 Å². The predicted octanol–water partition coefficient (Wildman–Crippen LogP) is 2.13. The Labute approximate surface area is 162 Å². The maximum absolute atomic E-state index is 12.7. The van der Waals surface area contributed by atoms with Crippen LogP contribution in [0.3, 0.4) is 0 Å². The molecule has 2 atom stereocenters. The van der Waals surface area contributed by atoms with Gasteiger partial charge < -0.3 is 15.0 Å². The summed E-state index contributed by atoms with van der Waals surface area (Å²) >= 11 is 1.57. The molecule has 0 spiro atoms. The zero-order valence-corrected chi connectivity index (χ0v) is 16.3. The van der Waals surface area contributed by atoms with Crippen LogP contribution in [0.5, 0.6) is 5.75 Å². The second-order valence-corrected chi connectivity index (χ2v) is 7.37. The summed E-state index contributed by atoms with van der Waals surface area (Å²) < 4.78 is 5.34. The second-order valence-electron chi connectivity index (χ2n) is 6.49. The number of fused-ring (bicyclic) bond motifs is 1. The monoisotopic (exact) mass is 389 g/mol. The molecule has 3 rings (SSSR count). The number of nitrogens with zero attached hydrogens (tertiary/aromatic N) is 2. The van der Waals surface area contributed by atoms with Gasteiger partial charge in [-0.2, -0.15) is 0 Å². The van der Waals surface area contributed by atoms with Gasteiger partial charge >= 0.3 is 6.03 Å². The van der Waals surface area contributed by atoms with E-state index in [0.29, 0.717) is 30.7 Å². The van der Waals surface area contributed by atoms with Crippen LogP contribution in [0.15, 0.2) is 35.7 Å². The van der Waals surface area contributed by atoms with Crippen molar-refractivity contribution in [3.8, 4) is 5.75 Å². The Bertz CT molecular complexity index is 782. The molecule has 0 radical (unpaired) electrons. The number of rotatable bonds is 6. The minimum Gasteiger partial charge on any atom is -0.496 e. The van der Waals surface area contributed by atoms with Gasteiger partial charge in [0.1, 0.15) is 11.8 Å². The first-order valence-corrected chi connectivity index (χ1v) is 9.98. The van der Waals surface area contributed by atoms with Gasteiger partial charge in [-0.1, -0.05) is 6.08 Å². The number of thioether (sulfide) groups is 1. The van der Waals surface area contributed by atoms with Crippen LogP contribution in [0, 0.1) is 0 Å². The number of carbonyl (C=O) groups excluding carboxylic acids is 3. The van der Waals surface area contributed by atoms with Crippen LogP contribution in [0.25, 0.3) is 0 Å². The number of ether oxygens (including phenoxy) is 1. The molecule has 1 N–H and O–H groups in total. The number of imide groups is 1. The number of carbonyl (C=O) groups is 3. The largest absolute Gasteiger partial charge is 0.496 e. The van der Waals surface area contributed by atoms with Crippen molar-refractivity contribution in [3.05, 3.63) is 36.4 Å². The van der Waals surface area contributed by atoms with E-state index < -0.39 is 6.04 Å². The topological polar surface area (TPSA) is 79.0 Å². The van der Waals surface area contributed by atoms with E-state index in [1.807, 2.05) is 18.4 Å². The average molecular weight is 389 g/mol. The molecule has 2 saturated heterocycles. The van der Waals surface area contributed by atoms with Crippen LogP contribution >= 0.6 is 11.8 Å². The number of nitrogens with one attached hydrogen (secondary N) is 1. The minimum atomic E-state index is -0.516. The Morgan fingerprint density at radius 3 is 2.89 bits per heavy atom. The number of amides is 4. The van der Waals surface area contributed by atoms with Gasteiger partial charge in [0.05, 0.1) is 12.7 Å². The van der Waals surface area contributed by atoms with Gasteiger partial charge in [0.15, 0.2) is 0 Å². The lowest BCUT2D eigenvalue weighted by molar-refractivity contribution is -0.128. The SMILES string of the molecule is C=CCN1C(=O)C2CC(NC(=O)c3ccc(SC)cc3OC)CCN2C1=O. The van der Waals surface area contributed by atoms with Gasteiger partial charge in [-0.25, -0.2) is 4.79 Å². The molecule has 1 aromatic carbocycles. The third-order valence-electron chi connectivity index (χ3n) is 4.93. The van der Waals surface area contributed by atoms with Crippen LogP contribution < -0.4 is 10.1 Å². The Balaban J connectivity index is 1.69. The normalized spacial score (nSPS) is 21.9. The first kappa shape index (κ1) is 19.3. The molecule has 2 aliphatic rings. The molecule has 27 heavy (non-hydrogen) atoms. The van der Waals surface area contributed by atoms with E-state index >= 15 is 0 Å². The maximum atomic E-state index is 12.7. The van der Waals surface area contributed by atoms with Gasteiger partial charge in [-0.05, 0) is 37.3 Å². The summed E-state index contributed by atoms with van der Waals surface area (Å²) in [5.74, 6) is 0.0551. The molecule has 0 aliphatic carbocycles. The zero-order chi connectivity index (χ0) is 19.6. The molecule has 0 aromatic heterocycles. The summed E-state index contributed by atoms with van der Waals surface area (Å²) in [5, 5.41) is 2.99. The highest BCUT2D eigenvalue weighted by Gasteiger charge is 2.47. The van der Waals surface area contributed by atoms with E-state index in [1.165, 1.54) is 18.1 Å². The van der Waals surface area contributed by atoms with Crippen molar-refractivity contribution in [1.29, 1.82) is 0 Å². The molecule has 2 fully saturated rings. The van der Waals surface area contributed by atoms with Crippen LogP contribution in [-0.2, 0) is 4.79 Å². The summed E-state index contributed by atoms with van der Waals surface area (Å²) in [6.45, 7) is 4.24. The van der Waals surface area contributed by atoms with Crippen LogP contribution in [0.1, 0.15) is 23.2 Å². The second kappa shape index (κ2) is 8.04. The van der Waals surface area contributed by atoms with E-state index in [4.69, 9.17) is 4.74 Å². The summed E-state index contributed by atoms with van der Waals surface area (Å²) in [6, 6.07) is 4.47. The minimum absolute atomic E-state index is 0.177. The van der Waals surface area contributed by atoms with Gasteiger partial charge in [-0.3, -0.25) is 14.5 Å². The van der Waals surface area contributed by atoms with Crippen molar-refractivity contribution < 1.29 is 19.1 Å². The average Bonchev–Trinajstić information content (AvgIpc) is 2.92. The number of urea groups is 1. The lowest BCUT2D eigenvalue weighted by Crippen LogP contribution is -2.49. The van der Waals surface area contributed by atoms with Crippen molar-refractivity contribution in [1.82, 2.24) is 15.1 Å². The number of hydrogen-bond donors (Lipinski definition) is 1. The predicted molar refractivity (Wildman–Crippen MR) is 103 cm³/mol. The molecule has 1 aromatic rings. The summed E-state index contributed by atoms with van der Waals surface area (Å²) in [7, 11) is 1.53. The smallest absolute Gasteiger partial charge is 0.327 e. The Morgan fingerprint density at radius 2 is 2.22 bits per heavy atom. The Kier molecular flexibility index (Phi) is 5.74. The third-order valence-corrected chi connectivity index (χ3v) is 5.66. The summed E-state index contributed by atoms with van der Waals surface area (Å²) in [4.78, 5) is 41.3. The first-order valence-electron chi connectivity index (χ1n) is 8.76. The van der Waals surface area contributed by atoms with Crippen LogP contribution in [0.2, 0.25) is 0 Å². The number of methoxy groups -OCH3 is 1. The van der Waals surface area contributed by atoms with Gasteiger partial charge in [-0.15, -0.1) is 18.3 Å². The lowest BCUT2D eigenvalue weighted by Gasteiger charge is -2.32. The summed E-state index contributed by atoms with van der Waals surface area (Å²) in [6.07, 6.45) is 4.51. The van der Waals surface area contributed by atoms with E-state index in [0.717, 1.165) is 4.90 Å². The van der Waals surface area contributed by atoms with Crippen molar-refractivity contribution in [2.24, 2.45) is 0 Å². The quantitative estimate of drug-likeness (QED) is 0.458. The number of benzene rings is 1. The highest BCUT2D eigenvalue weighted by molar-refractivity contribution is 7.98. The fraction of sp³-hybridized carbons (Fsp3) is 0.421. The molecule has 4 amide bonds. The van der Waals surface area contributed by atoms with E-state index in [-0.39, 0.29) is 30.4 Å². The molecule has 2 aliphatic heterocycles. The van der Waals surface area contributed by atoms with Crippen molar-refractivity contribution in [3.63, 3.8) is 0 Å². The Hall–Kier alpha value is -2.48. The van der Waals surface area contributed by atoms with Gasteiger partial charge in [0.2, 0.25) is 0 Å². The molecular weight excluding hydrogens is 366 g/mol. The fourth-order valence-electron chi connectivity index (χ4n) is 3.54. The van der Waals surface area contributed by atoms with Crippen molar-refractivity contribution >= 4 is 29.6 Å². The van der Waals surface area contributed by atoms with Crippen LogP contribution in [0.4, 0.5) is 4.79 Å². The Morgan fingerprint density at radius 1 is 1.44 bits per heavy atom. The number of hydrogen-bond acceptors (Lipinski definition) is 5. The standard InChI is InChI=1S/C19H23N3O4S/c1-4-8-22-18(24)15-10-12(7-9-21(15)19(22)25)20-17(23)14-6-5-13(27-3)11-16(14)26-2/h4-6,11-12,15H,1,7-10H2,2-3H3,(H,20,23). The third kappa shape index (κ3) is 3.66. The molecule has 0 bridgehead atoms. The van der Waals surface area contributed by atoms with E-state index in [9.17, 15) is 14.4 Å². The maximum Gasteiger partial charge on any atom is 0.327 e. The highest BCUT2D eigenvalue weighted by atomic mass is 32.2. The number of piperidine rings is 1. The van der Waals surface area contributed by atoms with E-state index in [2.05, 4.69) is 11.9 Å². The molecule has 7 nitrogen and oxygen atoms in total. The van der Waals surface area contributed by atoms with Gasteiger partial charge in [0, 0.05) is 24.0 Å². The molecule has 2 heterocycles. The molecule has 144 valence electrons. The fourth-order valence-corrected chi connectivity index (χ4v) is 3.96. The molecule has 8 heteroatoms. The zero-order valence-electron chi connectivity index (χ0n) is 15.4.